The maximum absolute atomic E-state index is 12.9. The van der Waals surface area contributed by atoms with Crippen LogP contribution in [0.1, 0.15) is 33.6 Å². The van der Waals surface area contributed by atoms with Gasteiger partial charge in [0.1, 0.15) is 0 Å². The Balaban J connectivity index is 1.45. The highest BCUT2D eigenvalue weighted by Gasteiger charge is 2.32. The maximum atomic E-state index is 12.9. The van der Waals surface area contributed by atoms with Crippen molar-refractivity contribution in [2.45, 2.75) is 36.7 Å². The Kier molecular flexibility index (Phi) is 6.32. The number of carbonyl (C=O) groups excluding carboxylic acids is 1. The van der Waals surface area contributed by atoms with E-state index in [2.05, 4.69) is 22.2 Å². The third-order valence-electron chi connectivity index (χ3n) is 5.23. The Labute approximate surface area is 181 Å². The van der Waals surface area contributed by atoms with Gasteiger partial charge in [-0.2, -0.15) is 0 Å². The summed E-state index contributed by atoms with van der Waals surface area (Å²) in [5.74, 6) is 0.242. The summed E-state index contributed by atoms with van der Waals surface area (Å²) in [7, 11) is -3.70. The molecule has 156 valence electrons. The summed E-state index contributed by atoms with van der Waals surface area (Å²) in [5.41, 5.74) is 1.54. The molecule has 1 aliphatic rings. The van der Waals surface area contributed by atoms with Crippen molar-refractivity contribution in [1.29, 1.82) is 0 Å². The Morgan fingerprint density at radius 1 is 1.03 bits per heavy atom. The molecule has 0 bridgehead atoms. The summed E-state index contributed by atoms with van der Waals surface area (Å²) in [6, 6.07) is 20.1. The van der Waals surface area contributed by atoms with Crippen LogP contribution in [0.2, 0.25) is 0 Å². The average molecular weight is 441 g/mol. The van der Waals surface area contributed by atoms with Crippen LogP contribution in [-0.2, 0) is 23.0 Å². The number of nitrogens with one attached hydrogen (secondary N) is 2. The van der Waals surface area contributed by atoms with Crippen molar-refractivity contribution in [3.05, 3.63) is 88.1 Å². The number of rotatable bonds is 9. The van der Waals surface area contributed by atoms with Crippen LogP contribution < -0.4 is 10.0 Å². The minimum Gasteiger partial charge on any atom is -0.349 e. The number of amides is 1. The number of thiophene rings is 1. The number of carbonyl (C=O) groups is 1. The molecule has 2 N–H and O–H groups in total. The molecule has 1 aromatic heterocycles. The van der Waals surface area contributed by atoms with Gasteiger partial charge < -0.3 is 5.32 Å². The van der Waals surface area contributed by atoms with E-state index in [4.69, 9.17) is 0 Å². The highest BCUT2D eigenvalue weighted by atomic mass is 32.2. The number of benzene rings is 2. The molecule has 5 nitrogen and oxygen atoms in total. The Bertz CT molecular complexity index is 1090. The number of hydrogen-bond donors (Lipinski definition) is 2. The van der Waals surface area contributed by atoms with Crippen LogP contribution in [0.15, 0.2) is 77.0 Å². The van der Waals surface area contributed by atoms with Crippen molar-refractivity contribution < 1.29 is 13.2 Å². The lowest BCUT2D eigenvalue weighted by molar-refractivity contribution is 0.0931. The number of sulfonamides is 1. The molecule has 1 atom stereocenters. The van der Waals surface area contributed by atoms with Crippen molar-refractivity contribution in [1.82, 2.24) is 10.0 Å². The molecule has 1 fully saturated rings. The molecule has 2 aromatic carbocycles. The van der Waals surface area contributed by atoms with E-state index in [9.17, 15) is 13.2 Å². The summed E-state index contributed by atoms with van der Waals surface area (Å²) >= 11 is 1.49. The molecule has 1 saturated carbocycles. The van der Waals surface area contributed by atoms with E-state index in [1.165, 1.54) is 29.0 Å². The zero-order chi connectivity index (χ0) is 21.0. The van der Waals surface area contributed by atoms with Crippen LogP contribution in [-0.4, -0.2) is 20.4 Å². The van der Waals surface area contributed by atoms with Gasteiger partial charge >= 0.3 is 0 Å². The first-order valence-corrected chi connectivity index (χ1v) is 12.3. The van der Waals surface area contributed by atoms with Crippen molar-refractivity contribution in [3.63, 3.8) is 0 Å². The molecule has 7 heteroatoms. The van der Waals surface area contributed by atoms with Gasteiger partial charge in [-0.15, -0.1) is 11.3 Å². The van der Waals surface area contributed by atoms with E-state index in [-0.39, 0.29) is 23.4 Å². The molecular formula is C23H24N2O3S2. The van der Waals surface area contributed by atoms with Crippen LogP contribution >= 0.6 is 11.3 Å². The summed E-state index contributed by atoms with van der Waals surface area (Å²) in [6.45, 7) is 0.233. The van der Waals surface area contributed by atoms with Crippen LogP contribution in [0.4, 0.5) is 0 Å². The van der Waals surface area contributed by atoms with Gasteiger partial charge in [-0.25, -0.2) is 13.1 Å². The Morgan fingerprint density at radius 3 is 2.53 bits per heavy atom. The fourth-order valence-electron chi connectivity index (χ4n) is 3.42. The summed E-state index contributed by atoms with van der Waals surface area (Å²) in [4.78, 5) is 13.9. The molecular weight excluding hydrogens is 416 g/mol. The average Bonchev–Trinajstić information content (AvgIpc) is 3.48. The maximum Gasteiger partial charge on any atom is 0.251 e. The zero-order valence-electron chi connectivity index (χ0n) is 16.5. The van der Waals surface area contributed by atoms with Crippen molar-refractivity contribution in [2.24, 2.45) is 5.92 Å². The fraction of sp³-hybridized carbons (Fsp3) is 0.261. The van der Waals surface area contributed by atoms with Gasteiger partial charge in [-0.1, -0.05) is 42.5 Å². The highest BCUT2D eigenvalue weighted by Crippen LogP contribution is 2.34. The van der Waals surface area contributed by atoms with E-state index in [0.29, 0.717) is 11.5 Å². The van der Waals surface area contributed by atoms with Crippen molar-refractivity contribution in [3.8, 4) is 0 Å². The normalized spacial score (nSPS) is 14.9. The molecule has 30 heavy (non-hydrogen) atoms. The topological polar surface area (TPSA) is 75.3 Å². The van der Waals surface area contributed by atoms with E-state index < -0.39 is 10.0 Å². The van der Waals surface area contributed by atoms with Gasteiger partial charge in [0.2, 0.25) is 10.0 Å². The second kappa shape index (κ2) is 9.12. The minimum absolute atomic E-state index is 0.0529. The lowest BCUT2D eigenvalue weighted by Crippen LogP contribution is -2.38. The van der Waals surface area contributed by atoms with Crippen LogP contribution in [0.3, 0.4) is 0 Å². The van der Waals surface area contributed by atoms with Gasteiger partial charge in [0, 0.05) is 23.0 Å². The summed E-state index contributed by atoms with van der Waals surface area (Å²) in [6.07, 6.45) is 3.00. The van der Waals surface area contributed by atoms with Gasteiger partial charge in [-0.3, -0.25) is 4.79 Å². The van der Waals surface area contributed by atoms with Gasteiger partial charge in [-0.05, 0) is 60.4 Å². The van der Waals surface area contributed by atoms with Gasteiger partial charge in [0.05, 0.1) is 4.90 Å². The first kappa shape index (κ1) is 20.8. The molecule has 0 spiro atoms. The third kappa shape index (κ3) is 5.36. The lowest BCUT2D eigenvalue weighted by Gasteiger charge is -2.19. The van der Waals surface area contributed by atoms with E-state index in [1.54, 1.807) is 12.1 Å². The lowest BCUT2D eigenvalue weighted by atomic mass is 10.0. The van der Waals surface area contributed by atoms with E-state index in [1.807, 2.05) is 35.7 Å². The largest absolute Gasteiger partial charge is 0.349 e. The Morgan fingerprint density at radius 2 is 1.83 bits per heavy atom. The summed E-state index contributed by atoms with van der Waals surface area (Å²) in [5, 5.41) is 5.03. The van der Waals surface area contributed by atoms with Crippen LogP contribution in [0, 0.1) is 5.92 Å². The first-order chi connectivity index (χ1) is 14.5. The fourth-order valence-corrected chi connectivity index (χ4v) is 5.21. The van der Waals surface area contributed by atoms with Crippen LogP contribution in [0.5, 0.6) is 0 Å². The van der Waals surface area contributed by atoms with Crippen molar-refractivity contribution in [2.75, 3.05) is 0 Å². The van der Waals surface area contributed by atoms with Gasteiger partial charge in [0.25, 0.3) is 5.91 Å². The highest BCUT2D eigenvalue weighted by molar-refractivity contribution is 7.89. The molecule has 4 rings (SSSR count). The summed E-state index contributed by atoms with van der Waals surface area (Å²) < 4.78 is 27.9. The van der Waals surface area contributed by atoms with Crippen molar-refractivity contribution >= 4 is 27.3 Å². The molecule has 0 aliphatic heterocycles. The third-order valence-corrected chi connectivity index (χ3v) is 7.50. The second-order valence-corrected chi connectivity index (χ2v) is 10.3. The van der Waals surface area contributed by atoms with E-state index in [0.717, 1.165) is 24.1 Å². The predicted octanol–water partition coefficient (Wildman–Crippen LogP) is 3.98. The molecule has 1 aliphatic carbocycles. The van der Waals surface area contributed by atoms with Crippen LogP contribution in [0.25, 0.3) is 0 Å². The molecule has 0 radical (unpaired) electrons. The first-order valence-electron chi connectivity index (χ1n) is 9.98. The minimum atomic E-state index is -3.70. The monoisotopic (exact) mass is 440 g/mol. The smallest absolute Gasteiger partial charge is 0.251 e. The SMILES string of the molecule is O=C(NC(Cc1ccccc1)C1CC1)c1cccc(S(=O)(=O)NCc2cccs2)c1. The molecule has 1 amide bonds. The molecule has 3 aromatic rings. The predicted molar refractivity (Wildman–Crippen MR) is 119 cm³/mol. The quantitative estimate of drug-likeness (QED) is 0.529. The molecule has 0 saturated heterocycles. The van der Waals surface area contributed by atoms with Gasteiger partial charge in [0.15, 0.2) is 0 Å². The molecule has 1 heterocycles. The zero-order valence-corrected chi connectivity index (χ0v) is 18.1. The second-order valence-electron chi connectivity index (χ2n) is 7.54. The molecule has 1 unspecified atom stereocenters. The Hall–Kier alpha value is -2.48. The van der Waals surface area contributed by atoms with E-state index >= 15 is 0 Å². The number of hydrogen-bond acceptors (Lipinski definition) is 4. The standard InChI is InChI=1S/C23H24N2O3S2/c26-23(25-22(18-11-12-18)14-17-6-2-1-3-7-17)19-8-4-10-21(15-19)30(27,28)24-16-20-9-5-13-29-20/h1-10,13,15,18,22,24H,11-12,14,16H2,(H,25,26).